The molecule has 0 spiro atoms. The van der Waals surface area contributed by atoms with Crippen LogP contribution >= 0.6 is 0 Å². The molecule has 1 atom stereocenters. The SMILES string of the molecule is O=C(NC1CCN(c2nccn3ccnc23)C1)c1ccn(C2CCOCC2)n1. The van der Waals surface area contributed by atoms with Crippen molar-refractivity contribution in [1.82, 2.24) is 29.5 Å². The Morgan fingerprint density at radius 3 is 2.79 bits per heavy atom. The molecule has 0 aromatic carbocycles. The lowest BCUT2D eigenvalue weighted by Crippen LogP contribution is -2.37. The summed E-state index contributed by atoms with van der Waals surface area (Å²) in [6.45, 7) is 3.05. The van der Waals surface area contributed by atoms with Crippen molar-refractivity contribution in [2.45, 2.75) is 31.3 Å². The molecule has 1 unspecified atom stereocenters. The third kappa shape index (κ3) is 3.22. The number of fused-ring (bicyclic) bond motifs is 1. The van der Waals surface area contributed by atoms with Gasteiger partial charge in [-0.25, -0.2) is 9.97 Å². The largest absolute Gasteiger partial charge is 0.381 e. The number of rotatable bonds is 4. The van der Waals surface area contributed by atoms with E-state index in [0.717, 1.165) is 50.5 Å². The monoisotopic (exact) mass is 381 g/mol. The van der Waals surface area contributed by atoms with Crippen LogP contribution in [-0.4, -0.2) is 62.4 Å². The number of ether oxygens (including phenoxy) is 1. The number of nitrogens with zero attached hydrogens (tertiary/aromatic N) is 6. The number of nitrogens with one attached hydrogen (secondary N) is 1. The number of hydrogen-bond acceptors (Lipinski definition) is 6. The zero-order valence-electron chi connectivity index (χ0n) is 15.6. The smallest absolute Gasteiger partial charge is 0.272 e. The maximum atomic E-state index is 12.6. The van der Waals surface area contributed by atoms with Crippen molar-refractivity contribution in [2.75, 3.05) is 31.2 Å². The molecule has 146 valence electrons. The number of amides is 1. The lowest BCUT2D eigenvalue weighted by molar-refractivity contribution is 0.0660. The second kappa shape index (κ2) is 7.23. The molecule has 0 aliphatic carbocycles. The molecule has 0 bridgehead atoms. The second-order valence-corrected chi connectivity index (χ2v) is 7.34. The Kier molecular flexibility index (Phi) is 4.44. The minimum absolute atomic E-state index is 0.0674. The summed E-state index contributed by atoms with van der Waals surface area (Å²) in [5.74, 6) is 0.734. The van der Waals surface area contributed by atoms with Crippen molar-refractivity contribution in [2.24, 2.45) is 0 Å². The van der Waals surface area contributed by atoms with Crippen LogP contribution in [0.5, 0.6) is 0 Å². The maximum Gasteiger partial charge on any atom is 0.272 e. The van der Waals surface area contributed by atoms with Crippen LogP contribution in [0.25, 0.3) is 5.65 Å². The van der Waals surface area contributed by atoms with E-state index in [1.807, 2.05) is 27.7 Å². The van der Waals surface area contributed by atoms with Gasteiger partial charge in [0.15, 0.2) is 11.5 Å². The average Bonchev–Trinajstić information content (AvgIpc) is 3.48. The Morgan fingerprint density at radius 1 is 1.11 bits per heavy atom. The van der Waals surface area contributed by atoms with Crippen LogP contribution in [0.1, 0.15) is 35.8 Å². The quantitative estimate of drug-likeness (QED) is 0.732. The molecule has 0 radical (unpaired) electrons. The van der Waals surface area contributed by atoms with E-state index in [2.05, 4.69) is 25.3 Å². The summed E-state index contributed by atoms with van der Waals surface area (Å²) in [6, 6.07) is 2.18. The van der Waals surface area contributed by atoms with Crippen LogP contribution in [0.4, 0.5) is 5.82 Å². The third-order valence-electron chi connectivity index (χ3n) is 5.52. The Labute approximate surface area is 162 Å². The van der Waals surface area contributed by atoms with E-state index in [-0.39, 0.29) is 11.9 Å². The zero-order valence-corrected chi connectivity index (χ0v) is 15.6. The van der Waals surface area contributed by atoms with Crippen LogP contribution in [0.15, 0.2) is 37.1 Å². The van der Waals surface area contributed by atoms with Gasteiger partial charge in [-0.3, -0.25) is 9.48 Å². The highest BCUT2D eigenvalue weighted by molar-refractivity contribution is 5.92. The van der Waals surface area contributed by atoms with E-state index in [9.17, 15) is 4.79 Å². The van der Waals surface area contributed by atoms with Gasteiger partial charge in [-0.05, 0) is 25.3 Å². The number of carbonyl (C=O) groups is 1. The fourth-order valence-electron chi connectivity index (χ4n) is 4.01. The summed E-state index contributed by atoms with van der Waals surface area (Å²) >= 11 is 0. The van der Waals surface area contributed by atoms with Crippen LogP contribution in [-0.2, 0) is 4.74 Å². The number of imidazole rings is 1. The van der Waals surface area contributed by atoms with Gasteiger partial charge < -0.3 is 19.4 Å². The molecular formula is C19H23N7O2. The Bertz CT molecular complexity index is 975. The number of carbonyl (C=O) groups excluding carboxylic acids is 1. The molecule has 2 fully saturated rings. The van der Waals surface area contributed by atoms with Crippen molar-refractivity contribution in [1.29, 1.82) is 0 Å². The normalized spacial score (nSPS) is 20.7. The van der Waals surface area contributed by atoms with Gasteiger partial charge in [0.1, 0.15) is 5.69 Å². The summed E-state index contributed by atoms with van der Waals surface area (Å²) in [4.78, 5) is 23.7. The Morgan fingerprint density at radius 2 is 1.93 bits per heavy atom. The first-order chi connectivity index (χ1) is 13.8. The van der Waals surface area contributed by atoms with E-state index >= 15 is 0 Å². The van der Waals surface area contributed by atoms with Crippen molar-refractivity contribution in [3.8, 4) is 0 Å². The summed E-state index contributed by atoms with van der Waals surface area (Å²) < 4.78 is 9.26. The highest BCUT2D eigenvalue weighted by atomic mass is 16.5. The van der Waals surface area contributed by atoms with Gasteiger partial charge in [-0.2, -0.15) is 5.10 Å². The molecule has 0 saturated carbocycles. The summed E-state index contributed by atoms with van der Waals surface area (Å²) in [6.07, 6.45) is 12.0. The molecular weight excluding hydrogens is 358 g/mol. The van der Waals surface area contributed by atoms with Crippen molar-refractivity contribution in [3.63, 3.8) is 0 Å². The Balaban J connectivity index is 1.23. The fourth-order valence-corrected chi connectivity index (χ4v) is 4.01. The van der Waals surface area contributed by atoms with Gasteiger partial charge in [0.25, 0.3) is 5.91 Å². The van der Waals surface area contributed by atoms with Gasteiger partial charge in [0.05, 0.1) is 6.04 Å². The van der Waals surface area contributed by atoms with Gasteiger partial charge >= 0.3 is 0 Å². The summed E-state index contributed by atoms with van der Waals surface area (Å²) in [5.41, 5.74) is 1.31. The molecule has 2 saturated heterocycles. The first-order valence-corrected chi connectivity index (χ1v) is 9.74. The van der Waals surface area contributed by atoms with Gasteiger partial charge in [0, 0.05) is 63.3 Å². The molecule has 2 aliphatic rings. The van der Waals surface area contributed by atoms with Gasteiger partial charge in [-0.15, -0.1) is 0 Å². The van der Waals surface area contributed by atoms with E-state index < -0.39 is 0 Å². The molecule has 9 nitrogen and oxygen atoms in total. The van der Waals surface area contributed by atoms with Gasteiger partial charge in [0.2, 0.25) is 0 Å². The predicted molar refractivity (Wildman–Crippen MR) is 102 cm³/mol. The lowest BCUT2D eigenvalue weighted by atomic mass is 10.1. The lowest BCUT2D eigenvalue weighted by Gasteiger charge is -2.22. The van der Waals surface area contributed by atoms with E-state index in [1.54, 1.807) is 18.5 Å². The van der Waals surface area contributed by atoms with Crippen molar-refractivity contribution in [3.05, 3.63) is 42.7 Å². The highest BCUT2D eigenvalue weighted by Crippen LogP contribution is 2.22. The van der Waals surface area contributed by atoms with Gasteiger partial charge in [-0.1, -0.05) is 0 Å². The zero-order chi connectivity index (χ0) is 18.9. The Hall–Kier alpha value is -2.94. The topological polar surface area (TPSA) is 89.6 Å². The second-order valence-electron chi connectivity index (χ2n) is 7.34. The van der Waals surface area contributed by atoms with E-state index in [1.165, 1.54) is 0 Å². The molecule has 1 amide bonds. The third-order valence-corrected chi connectivity index (χ3v) is 5.52. The summed E-state index contributed by atoms with van der Waals surface area (Å²) in [5, 5.41) is 7.61. The van der Waals surface area contributed by atoms with Crippen LogP contribution in [0.2, 0.25) is 0 Å². The molecule has 9 heteroatoms. The van der Waals surface area contributed by atoms with E-state index in [0.29, 0.717) is 18.3 Å². The molecule has 1 N–H and O–H groups in total. The van der Waals surface area contributed by atoms with Crippen molar-refractivity contribution < 1.29 is 9.53 Å². The maximum absolute atomic E-state index is 12.6. The van der Waals surface area contributed by atoms with Crippen LogP contribution < -0.4 is 10.2 Å². The fraction of sp³-hybridized carbons (Fsp3) is 0.474. The first kappa shape index (κ1) is 17.2. The minimum Gasteiger partial charge on any atom is -0.381 e. The highest BCUT2D eigenvalue weighted by Gasteiger charge is 2.27. The average molecular weight is 381 g/mol. The number of anilines is 1. The molecule has 3 aromatic rings. The molecule has 5 heterocycles. The molecule has 28 heavy (non-hydrogen) atoms. The van der Waals surface area contributed by atoms with Crippen molar-refractivity contribution >= 4 is 17.4 Å². The molecule has 2 aliphatic heterocycles. The standard InChI is InChI=1S/C19H23N7O2/c27-19(16-2-8-26(23-16)15-3-11-28-12-4-15)22-14-1-7-25(13-14)18-17-20-5-9-24(17)10-6-21-18/h2,5-6,8-10,14-15H,1,3-4,7,11-13H2,(H,22,27). The minimum atomic E-state index is -0.121. The number of hydrogen-bond donors (Lipinski definition) is 1. The predicted octanol–water partition coefficient (Wildman–Crippen LogP) is 1.29. The number of aromatic nitrogens is 5. The summed E-state index contributed by atoms with van der Waals surface area (Å²) in [7, 11) is 0. The first-order valence-electron chi connectivity index (χ1n) is 9.74. The molecule has 3 aromatic heterocycles. The van der Waals surface area contributed by atoms with Crippen LogP contribution in [0.3, 0.4) is 0 Å². The van der Waals surface area contributed by atoms with Crippen LogP contribution in [0, 0.1) is 0 Å². The molecule has 5 rings (SSSR count). The van der Waals surface area contributed by atoms with E-state index in [4.69, 9.17) is 4.74 Å².